The van der Waals surface area contributed by atoms with Gasteiger partial charge in [-0.1, -0.05) is 13.8 Å². The van der Waals surface area contributed by atoms with E-state index in [1.165, 1.54) is 19.3 Å². The van der Waals surface area contributed by atoms with Crippen molar-refractivity contribution in [3.05, 3.63) is 0 Å². The molecular weight excluding hydrogens is 236 g/mol. The summed E-state index contributed by atoms with van der Waals surface area (Å²) in [4.78, 5) is 12.5. The van der Waals surface area contributed by atoms with Gasteiger partial charge in [0, 0.05) is 0 Å². The normalized spacial score (nSPS) is 39.8. The van der Waals surface area contributed by atoms with Crippen molar-refractivity contribution < 1.29 is 9.53 Å². The van der Waals surface area contributed by atoms with E-state index in [9.17, 15) is 4.79 Å². The average molecular weight is 264 g/mol. The molecule has 2 nitrogen and oxygen atoms in total. The van der Waals surface area contributed by atoms with Crippen LogP contribution in [0.4, 0.5) is 0 Å². The molecule has 0 heterocycles. The first-order chi connectivity index (χ1) is 9.07. The fourth-order valence-electron chi connectivity index (χ4n) is 5.17. The van der Waals surface area contributed by atoms with Gasteiger partial charge in [-0.25, -0.2) is 0 Å². The van der Waals surface area contributed by atoms with Gasteiger partial charge in [-0.15, -0.1) is 0 Å². The monoisotopic (exact) mass is 264 g/mol. The highest BCUT2D eigenvalue weighted by Gasteiger charge is 2.55. The zero-order valence-corrected chi connectivity index (χ0v) is 12.5. The van der Waals surface area contributed by atoms with Crippen LogP contribution in [-0.4, -0.2) is 12.6 Å². The lowest BCUT2D eigenvalue weighted by Crippen LogP contribution is -2.50. The number of esters is 1. The second kappa shape index (κ2) is 5.10. The molecule has 4 rings (SSSR count). The first-order valence-electron chi connectivity index (χ1n) is 8.24. The van der Waals surface area contributed by atoms with Crippen molar-refractivity contribution >= 4 is 5.97 Å². The molecule has 0 radical (unpaired) electrons. The van der Waals surface area contributed by atoms with E-state index in [-0.39, 0.29) is 11.4 Å². The maximum atomic E-state index is 12.5. The minimum atomic E-state index is -0.0629. The zero-order valence-electron chi connectivity index (χ0n) is 12.5. The van der Waals surface area contributed by atoms with Crippen molar-refractivity contribution in [3.63, 3.8) is 0 Å². The molecule has 0 atom stereocenters. The third-order valence-electron chi connectivity index (χ3n) is 5.63. The Morgan fingerprint density at radius 1 is 1.11 bits per heavy atom. The van der Waals surface area contributed by atoms with Gasteiger partial charge < -0.3 is 4.74 Å². The highest BCUT2D eigenvalue weighted by atomic mass is 16.5. The van der Waals surface area contributed by atoms with Gasteiger partial charge in [0.15, 0.2) is 0 Å². The second-order valence-electron chi connectivity index (χ2n) is 7.87. The third kappa shape index (κ3) is 2.68. The van der Waals surface area contributed by atoms with Gasteiger partial charge in [0.25, 0.3) is 0 Å². The molecule has 0 spiro atoms. The molecule has 4 fully saturated rings. The standard InChI is InChI=1S/C17H28O2/c1-12(2)4-3-5-19-16(18)17-9-13-6-14(10-17)8-15(7-13)11-17/h12-15H,3-11H2,1-2H3. The third-order valence-corrected chi connectivity index (χ3v) is 5.63. The minimum Gasteiger partial charge on any atom is -0.465 e. The van der Waals surface area contributed by atoms with Crippen LogP contribution in [0.1, 0.15) is 65.2 Å². The quantitative estimate of drug-likeness (QED) is 0.550. The lowest BCUT2D eigenvalue weighted by atomic mass is 9.49. The summed E-state index contributed by atoms with van der Waals surface area (Å²) in [6.07, 6.45) is 9.73. The van der Waals surface area contributed by atoms with Gasteiger partial charge in [0.05, 0.1) is 12.0 Å². The molecule has 0 aromatic carbocycles. The maximum absolute atomic E-state index is 12.5. The summed E-state index contributed by atoms with van der Waals surface area (Å²) in [6, 6.07) is 0. The van der Waals surface area contributed by atoms with E-state index < -0.39 is 0 Å². The smallest absolute Gasteiger partial charge is 0.312 e. The minimum absolute atomic E-state index is 0.0629. The second-order valence-corrected chi connectivity index (χ2v) is 7.87. The summed E-state index contributed by atoms with van der Waals surface area (Å²) in [7, 11) is 0. The Bertz CT molecular complexity index is 310. The summed E-state index contributed by atoms with van der Waals surface area (Å²) in [5, 5.41) is 0. The molecule has 4 aliphatic rings. The average Bonchev–Trinajstić information content (AvgIpc) is 2.32. The molecule has 0 amide bonds. The summed E-state index contributed by atoms with van der Waals surface area (Å²) in [5.41, 5.74) is -0.0629. The SMILES string of the molecule is CC(C)CCCOC(=O)C12CC3CC(CC(C3)C1)C2. The number of rotatable bonds is 5. The molecule has 19 heavy (non-hydrogen) atoms. The number of carbonyl (C=O) groups excluding carboxylic acids is 1. The van der Waals surface area contributed by atoms with Crippen molar-refractivity contribution in [2.24, 2.45) is 29.1 Å². The Balaban J connectivity index is 1.54. The van der Waals surface area contributed by atoms with Crippen molar-refractivity contribution in [3.8, 4) is 0 Å². The van der Waals surface area contributed by atoms with Crippen molar-refractivity contribution in [1.82, 2.24) is 0 Å². The summed E-state index contributed by atoms with van der Waals surface area (Å²) < 4.78 is 5.64. The Morgan fingerprint density at radius 2 is 1.63 bits per heavy atom. The van der Waals surface area contributed by atoms with Gasteiger partial charge >= 0.3 is 5.97 Å². The molecule has 0 aliphatic heterocycles. The molecule has 0 aromatic rings. The van der Waals surface area contributed by atoms with Crippen molar-refractivity contribution in [2.75, 3.05) is 6.61 Å². The molecule has 0 saturated heterocycles. The topological polar surface area (TPSA) is 26.3 Å². The molecule has 4 bridgehead atoms. The highest BCUT2D eigenvalue weighted by Crippen LogP contribution is 2.60. The lowest BCUT2D eigenvalue weighted by Gasteiger charge is -2.55. The Morgan fingerprint density at radius 3 is 2.11 bits per heavy atom. The van der Waals surface area contributed by atoms with Crippen LogP contribution in [0.3, 0.4) is 0 Å². The van der Waals surface area contributed by atoms with Crippen LogP contribution in [0.15, 0.2) is 0 Å². The predicted molar refractivity (Wildman–Crippen MR) is 75.6 cm³/mol. The molecular formula is C17H28O2. The van der Waals surface area contributed by atoms with E-state index >= 15 is 0 Å². The number of hydrogen-bond acceptors (Lipinski definition) is 2. The van der Waals surface area contributed by atoms with Gasteiger partial charge in [-0.3, -0.25) is 4.79 Å². The van der Waals surface area contributed by atoms with Crippen LogP contribution >= 0.6 is 0 Å². The van der Waals surface area contributed by atoms with Crippen LogP contribution < -0.4 is 0 Å². The highest BCUT2D eigenvalue weighted by molar-refractivity contribution is 5.77. The summed E-state index contributed by atoms with van der Waals surface area (Å²) in [5.74, 6) is 3.34. The van der Waals surface area contributed by atoms with Crippen molar-refractivity contribution in [2.45, 2.75) is 65.2 Å². The van der Waals surface area contributed by atoms with E-state index in [1.807, 2.05) is 0 Å². The lowest BCUT2D eigenvalue weighted by molar-refractivity contribution is -0.171. The molecule has 0 aromatic heterocycles. The van der Waals surface area contributed by atoms with E-state index in [0.29, 0.717) is 12.5 Å². The van der Waals surface area contributed by atoms with Gasteiger partial charge in [-0.2, -0.15) is 0 Å². The first kappa shape index (κ1) is 13.5. The fourth-order valence-corrected chi connectivity index (χ4v) is 5.17. The Hall–Kier alpha value is -0.530. The van der Waals surface area contributed by atoms with Crippen LogP contribution in [-0.2, 0) is 9.53 Å². The van der Waals surface area contributed by atoms with Gasteiger partial charge in [0.1, 0.15) is 0 Å². The van der Waals surface area contributed by atoms with Crippen LogP contribution in [0.5, 0.6) is 0 Å². The number of hydrogen-bond donors (Lipinski definition) is 0. The predicted octanol–water partition coefficient (Wildman–Crippen LogP) is 4.18. The van der Waals surface area contributed by atoms with Gasteiger partial charge in [-0.05, 0) is 75.0 Å². The maximum Gasteiger partial charge on any atom is 0.312 e. The van der Waals surface area contributed by atoms with E-state index in [1.54, 1.807) is 0 Å². The largest absolute Gasteiger partial charge is 0.465 e. The fraction of sp³-hybridized carbons (Fsp3) is 0.941. The Labute approximate surface area is 117 Å². The molecule has 4 saturated carbocycles. The molecule has 108 valence electrons. The van der Waals surface area contributed by atoms with Crippen LogP contribution in [0.2, 0.25) is 0 Å². The summed E-state index contributed by atoms with van der Waals surface area (Å²) in [6.45, 7) is 5.08. The summed E-state index contributed by atoms with van der Waals surface area (Å²) >= 11 is 0. The van der Waals surface area contributed by atoms with Crippen LogP contribution in [0, 0.1) is 29.1 Å². The molecule has 0 N–H and O–H groups in total. The number of carbonyl (C=O) groups is 1. The number of ether oxygens (including phenoxy) is 1. The van der Waals surface area contributed by atoms with Crippen molar-refractivity contribution in [1.29, 1.82) is 0 Å². The Kier molecular flexibility index (Phi) is 3.61. The van der Waals surface area contributed by atoms with Crippen LogP contribution in [0.25, 0.3) is 0 Å². The molecule has 0 unspecified atom stereocenters. The van der Waals surface area contributed by atoms with E-state index in [2.05, 4.69) is 13.8 Å². The first-order valence-corrected chi connectivity index (χ1v) is 8.24. The zero-order chi connectivity index (χ0) is 13.5. The van der Waals surface area contributed by atoms with Gasteiger partial charge in [0.2, 0.25) is 0 Å². The van der Waals surface area contributed by atoms with E-state index in [0.717, 1.165) is 49.9 Å². The molecule has 4 aliphatic carbocycles. The molecule has 2 heteroatoms. The van der Waals surface area contributed by atoms with E-state index in [4.69, 9.17) is 4.74 Å².